The van der Waals surface area contributed by atoms with E-state index in [9.17, 15) is 10.1 Å². The molecular weight excluding hydrogens is 432 g/mol. The molecule has 1 aliphatic heterocycles. The van der Waals surface area contributed by atoms with E-state index in [4.69, 9.17) is 0 Å². The van der Waals surface area contributed by atoms with E-state index in [1.807, 2.05) is 41.9 Å². The third kappa shape index (κ3) is 4.52. The molecule has 0 saturated carbocycles. The van der Waals surface area contributed by atoms with Crippen molar-refractivity contribution in [1.29, 1.82) is 5.26 Å². The zero-order valence-electron chi connectivity index (χ0n) is 18.7. The van der Waals surface area contributed by atoms with Gasteiger partial charge in [-0.15, -0.1) is 11.3 Å². The van der Waals surface area contributed by atoms with Crippen molar-refractivity contribution < 1.29 is 4.79 Å². The minimum absolute atomic E-state index is 0.0683. The molecule has 8 heteroatoms. The molecule has 1 N–H and O–H groups in total. The van der Waals surface area contributed by atoms with E-state index >= 15 is 0 Å². The smallest absolute Gasteiger partial charge is 0.239 e. The van der Waals surface area contributed by atoms with Crippen LogP contribution >= 0.6 is 11.3 Å². The highest BCUT2D eigenvalue weighted by atomic mass is 32.1. The van der Waals surface area contributed by atoms with Crippen LogP contribution in [-0.2, 0) is 17.6 Å². The third-order valence-corrected chi connectivity index (χ3v) is 7.33. The number of anilines is 2. The number of fused-ring (bicyclic) bond motifs is 1. The van der Waals surface area contributed by atoms with Gasteiger partial charge in [-0.05, 0) is 49.8 Å². The molecule has 0 bridgehead atoms. The van der Waals surface area contributed by atoms with Crippen LogP contribution in [0.5, 0.6) is 0 Å². The summed E-state index contributed by atoms with van der Waals surface area (Å²) in [7, 11) is 0. The van der Waals surface area contributed by atoms with Crippen molar-refractivity contribution in [2.75, 3.05) is 42.9 Å². The summed E-state index contributed by atoms with van der Waals surface area (Å²) in [4.78, 5) is 22.1. The second kappa shape index (κ2) is 9.77. The van der Waals surface area contributed by atoms with Crippen molar-refractivity contribution in [2.45, 2.75) is 32.1 Å². The lowest BCUT2D eigenvalue weighted by Gasteiger charge is -2.21. The molecule has 0 unspecified atom stereocenters. The molecule has 1 aliphatic carbocycles. The normalized spacial score (nSPS) is 16.6. The Labute approximate surface area is 198 Å². The topological polar surface area (TPSA) is 77.2 Å². The van der Waals surface area contributed by atoms with Crippen LogP contribution in [0.1, 0.15) is 36.1 Å². The molecule has 3 aromatic rings. The van der Waals surface area contributed by atoms with E-state index in [2.05, 4.69) is 30.7 Å². The lowest BCUT2D eigenvalue weighted by atomic mass is 9.95. The first kappa shape index (κ1) is 21.7. The lowest BCUT2D eigenvalue weighted by Crippen LogP contribution is -2.36. The molecule has 0 atom stereocenters. The summed E-state index contributed by atoms with van der Waals surface area (Å²) in [6.07, 6.45) is 6.82. The van der Waals surface area contributed by atoms with Crippen LogP contribution in [0, 0.1) is 11.3 Å². The van der Waals surface area contributed by atoms with Gasteiger partial charge in [0.1, 0.15) is 11.9 Å². The zero-order chi connectivity index (χ0) is 22.6. The van der Waals surface area contributed by atoms with Crippen molar-refractivity contribution in [3.63, 3.8) is 0 Å². The second-order valence-electron chi connectivity index (χ2n) is 8.62. The number of para-hydroxylation sites is 1. The van der Waals surface area contributed by atoms with Gasteiger partial charge >= 0.3 is 0 Å². The predicted octanol–water partition coefficient (Wildman–Crippen LogP) is 3.84. The molecule has 0 spiro atoms. The molecule has 0 radical (unpaired) electrons. The Morgan fingerprint density at radius 2 is 1.94 bits per heavy atom. The molecule has 3 heterocycles. The van der Waals surface area contributed by atoms with Crippen LogP contribution in [0.15, 0.2) is 41.9 Å². The summed E-state index contributed by atoms with van der Waals surface area (Å²) < 4.78 is 2.09. The number of hydrogen-bond donors (Lipinski definition) is 1. The Hall–Kier alpha value is -3.15. The van der Waals surface area contributed by atoms with E-state index in [1.165, 1.54) is 0 Å². The monoisotopic (exact) mass is 460 g/mol. The van der Waals surface area contributed by atoms with Crippen LogP contribution in [0.3, 0.4) is 0 Å². The van der Waals surface area contributed by atoms with E-state index in [0.29, 0.717) is 17.9 Å². The summed E-state index contributed by atoms with van der Waals surface area (Å²) in [5.41, 5.74) is 3.86. The van der Waals surface area contributed by atoms with Crippen molar-refractivity contribution in [3.8, 4) is 11.8 Å². The summed E-state index contributed by atoms with van der Waals surface area (Å²) in [6, 6.07) is 12.4. The first-order chi connectivity index (χ1) is 16.2. The number of carbonyl (C=O) groups is 1. The number of nitrogens with zero attached hydrogens (tertiary/aromatic N) is 5. The van der Waals surface area contributed by atoms with Gasteiger partial charge in [-0.1, -0.05) is 18.2 Å². The molecular formula is C25H28N6OS. The van der Waals surface area contributed by atoms with Gasteiger partial charge in [-0.3, -0.25) is 14.3 Å². The van der Waals surface area contributed by atoms with Gasteiger partial charge in [0.15, 0.2) is 5.13 Å². The standard InChI is InChI=1S/C25H28N6OS/c26-17-21-20-9-4-5-10-22(20)31(19-7-2-1-3-8-19)24(21)28-23(32)18-29-12-6-13-30(15-14-29)25-27-11-16-33-25/h1-3,7-8,11,16H,4-6,9-10,12-15,18H2,(H,28,32). The van der Waals surface area contributed by atoms with E-state index in [0.717, 1.165) is 80.4 Å². The average molecular weight is 461 g/mol. The molecule has 33 heavy (non-hydrogen) atoms. The highest BCUT2D eigenvalue weighted by Crippen LogP contribution is 2.35. The molecule has 1 saturated heterocycles. The number of benzene rings is 1. The fourth-order valence-corrected chi connectivity index (χ4v) is 5.66. The van der Waals surface area contributed by atoms with Crippen molar-refractivity contribution in [3.05, 3.63) is 58.7 Å². The number of aromatic nitrogens is 2. The number of nitrogens with one attached hydrogen (secondary N) is 1. The summed E-state index contributed by atoms with van der Waals surface area (Å²) >= 11 is 1.66. The van der Waals surface area contributed by atoms with Crippen molar-refractivity contribution in [2.24, 2.45) is 0 Å². The highest BCUT2D eigenvalue weighted by molar-refractivity contribution is 7.13. The largest absolute Gasteiger partial charge is 0.347 e. The second-order valence-corrected chi connectivity index (χ2v) is 9.49. The molecule has 2 aliphatic rings. The maximum Gasteiger partial charge on any atom is 0.239 e. The fraction of sp³-hybridized carbons (Fsp3) is 0.400. The van der Waals surface area contributed by atoms with Crippen LogP contribution in [0.25, 0.3) is 5.69 Å². The molecule has 1 aromatic carbocycles. The van der Waals surface area contributed by atoms with Gasteiger partial charge in [0, 0.05) is 49.1 Å². The number of amides is 1. The van der Waals surface area contributed by atoms with Gasteiger partial charge in [0.25, 0.3) is 0 Å². The van der Waals surface area contributed by atoms with Gasteiger partial charge < -0.3 is 10.2 Å². The van der Waals surface area contributed by atoms with Crippen LogP contribution in [0.2, 0.25) is 0 Å². The van der Waals surface area contributed by atoms with Gasteiger partial charge in [-0.2, -0.15) is 5.26 Å². The van der Waals surface area contributed by atoms with Gasteiger partial charge in [0.05, 0.1) is 12.1 Å². The number of thiazole rings is 1. The van der Waals surface area contributed by atoms with Crippen LogP contribution in [-0.4, -0.2) is 53.1 Å². The quantitative estimate of drug-likeness (QED) is 0.626. The number of nitriles is 1. The molecule has 170 valence electrons. The number of carbonyl (C=O) groups excluding carboxylic acids is 1. The summed E-state index contributed by atoms with van der Waals surface area (Å²) in [6.45, 7) is 3.82. The minimum atomic E-state index is -0.0683. The molecule has 1 amide bonds. The Morgan fingerprint density at radius 3 is 2.73 bits per heavy atom. The molecule has 7 nitrogen and oxygen atoms in total. The van der Waals surface area contributed by atoms with E-state index in [-0.39, 0.29) is 5.91 Å². The lowest BCUT2D eigenvalue weighted by molar-refractivity contribution is -0.117. The van der Waals surface area contributed by atoms with Crippen LogP contribution in [0.4, 0.5) is 10.9 Å². The summed E-state index contributed by atoms with van der Waals surface area (Å²) in [5, 5.41) is 16.2. The SMILES string of the molecule is N#Cc1c2c(n(-c3ccccc3)c1NC(=O)CN1CCCN(c3nccs3)CC1)CCCC2. The zero-order valence-corrected chi connectivity index (χ0v) is 19.5. The molecule has 1 fully saturated rings. The van der Waals surface area contributed by atoms with Gasteiger partial charge in [0.2, 0.25) is 5.91 Å². The number of hydrogen-bond acceptors (Lipinski definition) is 6. The third-order valence-electron chi connectivity index (χ3n) is 6.50. The fourth-order valence-electron chi connectivity index (χ4n) is 4.96. The van der Waals surface area contributed by atoms with Crippen molar-refractivity contribution >= 4 is 28.2 Å². The maximum absolute atomic E-state index is 13.2. The Morgan fingerprint density at radius 1 is 1.09 bits per heavy atom. The van der Waals surface area contributed by atoms with Crippen LogP contribution < -0.4 is 10.2 Å². The predicted molar refractivity (Wildman–Crippen MR) is 131 cm³/mol. The number of rotatable bonds is 5. The highest BCUT2D eigenvalue weighted by Gasteiger charge is 2.27. The summed E-state index contributed by atoms with van der Waals surface area (Å²) in [5.74, 6) is 0.557. The first-order valence-electron chi connectivity index (χ1n) is 11.6. The Kier molecular flexibility index (Phi) is 6.42. The Bertz CT molecular complexity index is 1150. The van der Waals surface area contributed by atoms with E-state index in [1.54, 1.807) is 11.3 Å². The van der Waals surface area contributed by atoms with Crippen molar-refractivity contribution in [1.82, 2.24) is 14.5 Å². The minimum Gasteiger partial charge on any atom is -0.347 e. The molecule has 5 rings (SSSR count). The molecule has 2 aromatic heterocycles. The Balaban J connectivity index is 1.35. The first-order valence-corrected chi connectivity index (χ1v) is 12.5. The maximum atomic E-state index is 13.2. The average Bonchev–Trinajstić information content (AvgIpc) is 3.41. The van der Waals surface area contributed by atoms with Gasteiger partial charge in [-0.25, -0.2) is 4.98 Å². The van der Waals surface area contributed by atoms with E-state index < -0.39 is 0 Å².